The normalized spacial score (nSPS) is 10.7. The van der Waals surface area contributed by atoms with Crippen LogP contribution in [0, 0.1) is 17.4 Å². The van der Waals surface area contributed by atoms with Crippen LogP contribution in [0.15, 0.2) is 35.4 Å². The average molecular weight is 537 g/mol. The number of benzene rings is 2. The van der Waals surface area contributed by atoms with E-state index in [2.05, 4.69) is 38.4 Å². The SMILES string of the molecule is CCCOc1c(I)cc(C=NNC(=O)CC(=O)Nc2ccc(C)c(C)c2)cc1OCC. The Morgan fingerprint density at radius 2 is 1.84 bits per heavy atom. The molecule has 0 saturated carbocycles. The van der Waals surface area contributed by atoms with E-state index in [1.165, 1.54) is 6.21 Å². The molecule has 2 rings (SSSR count). The molecule has 0 aliphatic carbocycles. The molecule has 0 aliphatic rings. The van der Waals surface area contributed by atoms with E-state index >= 15 is 0 Å². The van der Waals surface area contributed by atoms with Crippen LogP contribution in [-0.4, -0.2) is 31.2 Å². The molecule has 0 saturated heterocycles. The van der Waals surface area contributed by atoms with Gasteiger partial charge in [-0.3, -0.25) is 9.59 Å². The zero-order chi connectivity index (χ0) is 22.8. The Morgan fingerprint density at radius 1 is 1.06 bits per heavy atom. The van der Waals surface area contributed by atoms with E-state index in [1.54, 1.807) is 6.07 Å². The van der Waals surface area contributed by atoms with Crippen molar-refractivity contribution in [1.29, 1.82) is 0 Å². The molecule has 0 aromatic heterocycles. The average Bonchev–Trinajstić information content (AvgIpc) is 2.70. The standard InChI is InChI=1S/C23H28IN3O4/c1-5-9-31-23-19(24)11-17(12-20(23)30-6-2)14-25-27-22(29)13-21(28)26-18-8-7-15(3)16(4)10-18/h7-8,10-12,14H,5-6,9,13H2,1-4H3,(H,26,28)(H,27,29). The fourth-order valence-electron chi connectivity index (χ4n) is 2.66. The molecule has 2 amide bonds. The lowest BCUT2D eigenvalue weighted by molar-refractivity contribution is -0.126. The fourth-order valence-corrected chi connectivity index (χ4v) is 3.44. The first kappa shape index (κ1) is 24.6. The van der Waals surface area contributed by atoms with Crippen molar-refractivity contribution in [2.24, 2.45) is 5.10 Å². The number of hydrogen-bond acceptors (Lipinski definition) is 5. The zero-order valence-electron chi connectivity index (χ0n) is 18.3. The number of ether oxygens (including phenoxy) is 2. The van der Waals surface area contributed by atoms with Crippen LogP contribution < -0.4 is 20.2 Å². The number of nitrogens with zero attached hydrogens (tertiary/aromatic N) is 1. The highest BCUT2D eigenvalue weighted by Crippen LogP contribution is 2.34. The molecule has 0 heterocycles. The Labute approximate surface area is 196 Å². The molecule has 166 valence electrons. The van der Waals surface area contributed by atoms with Crippen LogP contribution in [0.3, 0.4) is 0 Å². The number of nitrogens with one attached hydrogen (secondary N) is 2. The van der Waals surface area contributed by atoms with Crippen molar-refractivity contribution in [3.05, 3.63) is 50.6 Å². The second-order valence-electron chi connectivity index (χ2n) is 6.93. The van der Waals surface area contributed by atoms with Gasteiger partial charge < -0.3 is 14.8 Å². The van der Waals surface area contributed by atoms with Gasteiger partial charge in [0.15, 0.2) is 11.5 Å². The number of amides is 2. The highest BCUT2D eigenvalue weighted by Gasteiger charge is 2.12. The highest BCUT2D eigenvalue weighted by molar-refractivity contribution is 14.1. The number of hydrazone groups is 1. The predicted molar refractivity (Wildman–Crippen MR) is 131 cm³/mol. The van der Waals surface area contributed by atoms with Crippen molar-refractivity contribution in [2.75, 3.05) is 18.5 Å². The van der Waals surface area contributed by atoms with Gasteiger partial charge in [-0.2, -0.15) is 5.10 Å². The monoisotopic (exact) mass is 537 g/mol. The van der Waals surface area contributed by atoms with Crippen molar-refractivity contribution in [3.63, 3.8) is 0 Å². The van der Waals surface area contributed by atoms with Crippen LogP contribution in [0.4, 0.5) is 5.69 Å². The maximum atomic E-state index is 12.1. The molecule has 31 heavy (non-hydrogen) atoms. The summed E-state index contributed by atoms with van der Waals surface area (Å²) in [5, 5.41) is 6.68. The molecule has 0 bridgehead atoms. The zero-order valence-corrected chi connectivity index (χ0v) is 20.4. The number of carbonyl (C=O) groups is 2. The minimum atomic E-state index is -0.500. The Kier molecular flexibility index (Phi) is 9.77. The Balaban J connectivity index is 1.95. The minimum absolute atomic E-state index is 0.324. The number of halogens is 1. The first-order valence-electron chi connectivity index (χ1n) is 10.1. The third-order valence-electron chi connectivity index (χ3n) is 4.30. The summed E-state index contributed by atoms with van der Waals surface area (Å²) >= 11 is 2.18. The smallest absolute Gasteiger partial charge is 0.249 e. The van der Waals surface area contributed by atoms with Gasteiger partial charge in [-0.05, 0) is 90.7 Å². The lowest BCUT2D eigenvalue weighted by atomic mass is 10.1. The van der Waals surface area contributed by atoms with Crippen molar-refractivity contribution in [2.45, 2.75) is 40.5 Å². The Bertz CT molecular complexity index is 960. The summed E-state index contributed by atoms with van der Waals surface area (Å²) < 4.78 is 12.3. The molecule has 0 fully saturated rings. The molecule has 2 aromatic rings. The summed E-state index contributed by atoms with van der Waals surface area (Å²) in [6, 6.07) is 9.29. The van der Waals surface area contributed by atoms with E-state index in [0.29, 0.717) is 30.4 Å². The lowest BCUT2D eigenvalue weighted by Gasteiger charge is -2.14. The maximum Gasteiger partial charge on any atom is 0.249 e. The molecule has 8 heteroatoms. The number of aryl methyl sites for hydroxylation is 2. The van der Waals surface area contributed by atoms with Gasteiger partial charge in [0.2, 0.25) is 11.8 Å². The lowest BCUT2D eigenvalue weighted by Crippen LogP contribution is -2.24. The summed E-state index contributed by atoms with van der Waals surface area (Å²) in [5.74, 6) is 0.429. The van der Waals surface area contributed by atoms with Crippen LogP contribution in [0.5, 0.6) is 11.5 Å². The third kappa shape index (κ3) is 7.86. The number of anilines is 1. The quantitative estimate of drug-likeness (QED) is 0.201. The second-order valence-corrected chi connectivity index (χ2v) is 8.09. The van der Waals surface area contributed by atoms with Crippen LogP contribution in [-0.2, 0) is 9.59 Å². The topological polar surface area (TPSA) is 89.0 Å². The minimum Gasteiger partial charge on any atom is -0.490 e. The summed E-state index contributed by atoms with van der Waals surface area (Å²) in [6.07, 6.45) is 2.08. The van der Waals surface area contributed by atoms with Gasteiger partial charge in [0.05, 0.1) is 23.0 Å². The molecule has 2 aromatic carbocycles. The summed E-state index contributed by atoms with van der Waals surface area (Å²) in [6.45, 7) is 9.01. The van der Waals surface area contributed by atoms with E-state index < -0.39 is 11.8 Å². The molecule has 0 radical (unpaired) electrons. The summed E-state index contributed by atoms with van der Waals surface area (Å²) in [4.78, 5) is 24.1. The molecule has 2 N–H and O–H groups in total. The van der Waals surface area contributed by atoms with Crippen LogP contribution in [0.2, 0.25) is 0 Å². The van der Waals surface area contributed by atoms with Gasteiger partial charge >= 0.3 is 0 Å². The Hall–Kier alpha value is -2.62. The van der Waals surface area contributed by atoms with Crippen molar-refractivity contribution in [3.8, 4) is 11.5 Å². The molecular formula is C23H28IN3O4. The van der Waals surface area contributed by atoms with Crippen LogP contribution in [0.1, 0.15) is 43.4 Å². The molecule has 0 spiro atoms. The summed E-state index contributed by atoms with van der Waals surface area (Å²) in [5.41, 5.74) is 5.99. The second kappa shape index (κ2) is 12.3. The van der Waals surface area contributed by atoms with E-state index in [4.69, 9.17) is 9.47 Å². The molecule has 0 aliphatic heterocycles. The molecule has 0 unspecified atom stereocenters. The van der Waals surface area contributed by atoms with Crippen molar-refractivity contribution < 1.29 is 19.1 Å². The van der Waals surface area contributed by atoms with Gasteiger partial charge in [0.1, 0.15) is 6.42 Å². The van der Waals surface area contributed by atoms with E-state index in [-0.39, 0.29) is 6.42 Å². The fraction of sp³-hybridized carbons (Fsp3) is 0.348. The predicted octanol–water partition coefficient (Wildman–Crippen LogP) is 4.57. The van der Waals surface area contributed by atoms with E-state index in [1.807, 2.05) is 52.0 Å². The maximum absolute atomic E-state index is 12.1. The highest BCUT2D eigenvalue weighted by atomic mass is 127. The number of hydrogen-bond donors (Lipinski definition) is 2. The largest absolute Gasteiger partial charge is 0.490 e. The van der Waals surface area contributed by atoms with Crippen LogP contribution in [0.25, 0.3) is 0 Å². The first-order chi connectivity index (χ1) is 14.8. The van der Waals surface area contributed by atoms with E-state index in [0.717, 1.165) is 26.7 Å². The first-order valence-corrected chi connectivity index (χ1v) is 11.2. The number of carbonyl (C=O) groups excluding carboxylic acids is 2. The summed E-state index contributed by atoms with van der Waals surface area (Å²) in [7, 11) is 0. The third-order valence-corrected chi connectivity index (χ3v) is 5.10. The number of rotatable bonds is 10. The molecule has 7 nitrogen and oxygen atoms in total. The van der Waals surface area contributed by atoms with E-state index in [9.17, 15) is 9.59 Å². The Morgan fingerprint density at radius 3 is 2.52 bits per heavy atom. The van der Waals surface area contributed by atoms with Gasteiger partial charge in [-0.25, -0.2) is 5.43 Å². The molecular weight excluding hydrogens is 509 g/mol. The van der Waals surface area contributed by atoms with Crippen molar-refractivity contribution >= 4 is 46.3 Å². The van der Waals surface area contributed by atoms with Crippen molar-refractivity contribution in [1.82, 2.24) is 5.43 Å². The van der Waals surface area contributed by atoms with Crippen LogP contribution >= 0.6 is 22.6 Å². The van der Waals surface area contributed by atoms with Gasteiger partial charge in [-0.15, -0.1) is 0 Å². The van der Waals surface area contributed by atoms with Gasteiger partial charge in [0.25, 0.3) is 0 Å². The van der Waals surface area contributed by atoms with Gasteiger partial charge in [0, 0.05) is 5.69 Å². The molecule has 0 atom stereocenters. The van der Waals surface area contributed by atoms with Gasteiger partial charge in [-0.1, -0.05) is 13.0 Å².